The maximum Gasteiger partial charge on any atom is 0.251 e. The van der Waals surface area contributed by atoms with Crippen LogP contribution in [0.2, 0.25) is 5.02 Å². The second-order valence-corrected chi connectivity index (χ2v) is 12.8. The summed E-state index contributed by atoms with van der Waals surface area (Å²) in [5, 5.41) is 9.61. The molecule has 7 nitrogen and oxygen atoms in total. The second-order valence-electron chi connectivity index (χ2n) is 10.6. The summed E-state index contributed by atoms with van der Waals surface area (Å²) in [5.74, 6) is -1.52. The van der Waals surface area contributed by atoms with E-state index in [0.717, 1.165) is 25.7 Å². The average Bonchev–Trinajstić information content (AvgIpc) is 3.14. The van der Waals surface area contributed by atoms with Crippen LogP contribution >= 0.6 is 23.4 Å². The van der Waals surface area contributed by atoms with Crippen molar-refractivity contribution in [2.75, 3.05) is 38.2 Å². The van der Waals surface area contributed by atoms with Crippen molar-refractivity contribution in [3.8, 4) is 0 Å². The van der Waals surface area contributed by atoms with Crippen LogP contribution in [0.5, 0.6) is 0 Å². The van der Waals surface area contributed by atoms with E-state index in [4.69, 9.17) is 16.7 Å². The predicted octanol–water partition coefficient (Wildman–Crippen LogP) is 3.51. The molecule has 5 atom stereocenters. The number of likely N-dealkylation sites (N-methyl/N-ethyl adjacent to an activating group) is 1. The molecule has 1 unspecified atom stereocenters. The fraction of sp³-hybridized carbons (Fsp3) is 0.536. The van der Waals surface area contributed by atoms with Crippen LogP contribution in [0.1, 0.15) is 32.6 Å². The van der Waals surface area contributed by atoms with Crippen molar-refractivity contribution in [2.45, 2.75) is 48.1 Å². The zero-order chi connectivity index (χ0) is 26.4. The van der Waals surface area contributed by atoms with E-state index in [1.807, 2.05) is 43.4 Å². The second kappa shape index (κ2) is 10.1. The zero-order valence-electron chi connectivity index (χ0n) is 21.3. The van der Waals surface area contributed by atoms with E-state index >= 15 is 0 Å². The van der Waals surface area contributed by atoms with E-state index in [1.54, 1.807) is 39.6 Å². The van der Waals surface area contributed by atoms with Crippen molar-refractivity contribution in [1.82, 2.24) is 9.80 Å². The third kappa shape index (κ3) is 4.21. The number of amides is 3. The Morgan fingerprint density at radius 1 is 0.973 bits per heavy atom. The van der Waals surface area contributed by atoms with E-state index in [9.17, 15) is 14.4 Å². The fourth-order valence-corrected chi connectivity index (χ4v) is 8.91. The van der Waals surface area contributed by atoms with Crippen LogP contribution in [0.4, 0.5) is 5.69 Å². The Morgan fingerprint density at radius 3 is 2.46 bits per heavy atom. The van der Waals surface area contributed by atoms with Gasteiger partial charge in [-0.15, -0.1) is 11.8 Å². The number of fused-ring (bicyclic) bond motifs is 2. The van der Waals surface area contributed by atoms with Gasteiger partial charge in [-0.3, -0.25) is 14.4 Å². The number of anilines is 1. The fourth-order valence-electron chi connectivity index (χ4n) is 6.52. The third-order valence-corrected chi connectivity index (χ3v) is 10.3. The molecule has 1 aromatic rings. The van der Waals surface area contributed by atoms with Gasteiger partial charge < -0.3 is 19.8 Å². The van der Waals surface area contributed by atoms with Gasteiger partial charge in [0, 0.05) is 38.0 Å². The Morgan fingerprint density at radius 2 is 1.70 bits per heavy atom. The first kappa shape index (κ1) is 26.3. The van der Waals surface area contributed by atoms with Crippen LogP contribution in [0.3, 0.4) is 0 Å². The summed E-state index contributed by atoms with van der Waals surface area (Å²) < 4.78 is -1.45. The molecule has 2 fully saturated rings. The zero-order valence-corrected chi connectivity index (χ0v) is 22.9. The molecule has 2 saturated heterocycles. The Balaban J connectivity index is 1.58. The summed E-state index contributed by atoms with van der Waals surface area (Å²) in [7, 11) is 1.77. The number of para-hydroxylation sites is 1. The van der Waals surface area contributed by atoms with E-state index in [2.05, 4.69) is 6.08 Å². The van der Waals surface area contributed by atoms with Gasteiger partial charge >= 0.3 is 0 Å². The number of aliphatic hydroxyl groups is 1. The van der Waals surface area contributed by atoms with E-state index < -0.39 is 27.4 Å². The molecule has 37 heavy (non-hydrogen) atoms. The predicted molar refractivity (Wildman–Crippen MR) is 146 cm³/mol. The Bertz CT molecular complexity index is 1160. The number of thioether (sulfide) groups is 1. The minimum atomic E-state index is -0.854. The Labute approximate surface area is 227 Å². The maximum absolute atomic E-state index is 14.4. The Hall–Kier alpha value is -2.29. The van der Waals surface area contributed by atoms with Gasteiger partial charge in [0.25, 0.3) is 5.91 Å². The first-order valence-corrected chi connectivity index (χ1v) is 14.2. The number of nitrogens with zero attached hydrogens (tertiary/aromatic N) is 3. The van der Waals surface area contributed by atoms with Gasteiger partial charge in [-0.1, -0.05) is 60.9 Å². The molecule has 4 aliphatic rings. The summed E-state index contributed by atoms with van der Waals surface area (Å²) in [5.41, 5.74) is 0.619. The van der Waals surface area contributed by atoms with E-state index in [0.29, 0.717) is 30.3 Å². The lowest BCUT2D eigenvalue weighted by Crippen LogP contribution is -2.53. The molecule has 198 valence electrons. The molecule has 0 aliphatic carbocycles. The molecule has 0 radical (unpaired) electrons. The molecule has 4 aliphatic heterocycles. The molecule has 1 N–H and O–H groups in total. The summed E-state index contributed by atoms with van der Waals surface area (Å²) >= 11 is 8.11. The highest BCUT2D eigenvalue weighted by Gasteiger charge is 2.73. The highest BCUT2D eigenvalue weighted by molar-refractivity contribution is 8.02. The van der Waals surface area contributed by atoms with Crippen molar-refractivity contribution in [2.24, 2.45) is 11.8 Å². The van der Waals surface area contributed by atoms with Crippen molar-refractivity contribution in [3.63, 3.8) is 0 Å². The summed E-state index contributed by atoms with van der Waals surface area (Å²) in [6.07, 6.45) is 11.2. The topological polar surface area (TPSA) is 81.2 Å². The maximum atomic E-state index is 14.4. The van der Waals surface area contributed by atoms with Crippen LogP contribution in [-0.4, -0.2) is 81.5 Å². The van der Waals surface area contributed by atoms with Gasteiger partial charge in [-0.2, -0.15) is 0 Å². The van der Waals surface area contributed by atoms with Crippen molar-refractivity contribution in [3.05, 3.63) is 53.6 Å². The van der Waals surface area contributed by atoms with Crippen molar-refractivity contribution < 1.29 is 19.5 Å². The minimum absolute atomic E-state index is 0.0492. The number of hydrogen-bond acceptors (Lipinski definition) is 5. The number of carbonyl (C=O) groups excluding carboxylic acids is 3. The SMILES string of the molecule is CN1CC=C[C@]2(C)S[C@]34C=CCN(c5ccccc5Cl)C(=O)C3N(CCCCCCO)C(=O)[C@@H]4[C@@H]2C1=O. The van der Waals surface area contributed by atoms with Gasteiger partial charge in [0.15, 0.2) is 0 Å². The number of aliphatic hydroxyl groups excluding tert-OH is 1. The number of unbranched alkanes of at least 4 members (excludes halogenated alkanes) is 3. The van der Waals surface area contributed by atoms with E-state index in [-0.39, 0.29) is 24.3 Å². The first-order chi connectivity index (χ1) is 17.7. The Kier molecular flexibility index (Phi) is 7.20. The van der Waals surface area contributed by atoms with Crippen LogP contribution in [-0.2, 0) is 14.4 Å². The molecule has 0 saturated carbocycles. The molecule has 9 heteroatoms. The van der Waals surface area contributed by atoms with Gasteiger partial charge in [0.2, 0.25) is 11.8 Å². The summed E-state index contributed by atoms with van der Waals surface area (Å²) in [6.45, 7) is 3.46. The molecule has 3 amide bonds. The number of carbonyl (C=O) groups is 3. The number of likely N-dealkylation sites (tertiary alicyclic amines) is 1. The summed E-state index contributed by atoms with van der Waals surface area (Å²) in [6, 6.07) is 6.53. The molecule has 5 rings (SSSR count). The molecule has 4 heterocycles. The van der Waals surface area contributed by atoms with Crippen molar-refractivity contribution in [1.29, 1.82) is 0 Å². The van der Waals surface area contributed by atoms with Gasteiger partial charge in [-0.25, -0.2) is 0 Å². The lowest BCUT2D eigenvalue weighted by molar-refractivity contribution is -0.143. The highest BCUT2D eigenvalue weighted by atomic mass is 35.5. The van der Waals surface area contributed by atoms with Gasteiger partial charge in [0.05, 0.1) is 27.3 Å². The lowest BCUT2D eigenvalue weighted by atomic mass is 9.74. The van der Waals surface area contributed by atoms with Crippen LogP contribution in [0, 0.1) is 11.8 Å². The van der Waals surface area contributed by atoms with Crippen molar-refractivity contribution >= 4 is 46.8 Å². The molecule has 0 aromatic heterocycles. The van der Waals surface area contributed by atoms with Gasteiger partial charge in [-0.05, 0) is 31.9 Å². The quantitative estimate of drug-likeness (QED) is 0.420. The standard InChI is InChI=1S/C28H34ClN3O4S/c1-27-13-9-15-30(2)24(34)21(27)22-25(35)32(16-7-3-4-8-18-33)23-26(36)31(17-10-14-28(22,23)37-27)20-12-6-5-11-19(20)29/h5-6,9-14,21-23,33H,3-4,7-8,15-18H2,1-2H3/t21-,22+,23?,27+,28+/m1/s1. The number of benzene rings is 1. The average molecular weight is 544 g/mol. The highest BCUT2D eigenvalue weighted by Crippen LogP contribution is 2.65. The minimum Gasteiger partial charge on any atom is -0.396 e. The molecular weight excluding hydrogens is 510 g/mol. The number of halogens is 1. The smallest absolute Gasteiger partial charge is 0.251 e. The van der Waals surface area contributed by atoms with Crippen LogP contribution in [0.15, 0.2) is 48.6 Å². The number of rotatable bonds is 7. The third-order valence-electron chi connectivity index (χ3n) is 8.21. The summed E-state index contributed by atoms with van der Waals surface area (Å²) in [4.78, 5) is 47.4. The van der Waals surface area contributed by atoms with Crippen LogP contribution in [0.25, 0.3) is 0 Å². The largest absolute Gasteiger partial charge is 0.396 e. The van der Waals surface area contributed by atoms with E-state index in [1.165, 1.54) is 0 Å². The molecule has 1 spiro atoms. The lowest BCUT2D eigenvalue weighted by Gasteiger charge is -2.37. The number of hydrogen-bond donors (Lipinski definition) is 1. The molecular formula is C28H34ClN3O4S. The monoisotopic (exact) mass is 543 g/mol. The van der Waals surface area contributed by atoms with Gasteiger partial charge in [0.1, 0.15) is 6.04 Å². The normalized spacial score (nSPS) is 32.9. The first-order valence-electron chi connectivity index (χ1n) is 13.0. The molecule has 1 aromatic carbocycles. The van der Waals surface area contributed by atoms with Crippen LogP contribution < -0.4 is 4.90 Å². The molecule has 0 bridgehead atoms.